The van der Waals surface area contributed by atoms with E-state index in [9.17, 15) is 4.79 Å². The lowest BCUT2D eigenvalue weighted by Crippen LogP contribution is -2.24. The van der Waals surface area contributed by atoms with E-state index >= 15 is 0 Å². The summed E-state index contributed by atoms with van der Waals surface area (Å²) in [6, 6.07) is 13.1. The fraction of sp³-hybridized carbons (Fsp3) is 0.118. The molecule has 5 nitrogen and oxygen atoms in total. The SMILES string of the molecule is Nc1ccc2nc(CC(=O)NCc3ccncc3)ccc2c1. The van der Waals surface area contributed by atoms with E-state index in [-0.39, 0.29) is 12.3 Å². The van der Waals surface area contributed by atoms with Crippen molar-refractivity contribution in [3.8, 4) is 0 Å². The van der Waals surface area contributed by atoms with E-state index in [1.807, 2.05) is 42.5 Å². The Bertz CT molecular complexity index is 802. The van der Waals surface area contributed by atoms with Gasteiger partial charge in [0.25, 0.3) is 0 Å². The molecule has 3 rings (SSSR count). The summed E-state index contributed by atoms with van der Waals surface area (Å²) < 4.78 is 0. The van der Waals surface area contributed by atoms with Gasteiger partial charge in [-0.2, -0.15) is 0 Å². The number of anilines is 1. The van der Waals surface area contributed by atoms with Gasteiger partial charge in [0, 0.05) is 30.0 Å². The number of fused-ring (bicyclic) bond motifs is 1. The van der Waals surface area contributed by atoms with Crippen LogP contribution in [0.25, 0.3) is 10.9 Å². The lowest BCUT2D eigenvalue weighted by Gasteiger charge is -2.06. The fourth-order valence-electron chi connectivity index (χ4n) is 2.21. The Labute approximate surface area is 128 Å². The summed E-state index contributed by atoms with van der Waals surface area (Å²) in [6.07, 6.45) is 3.67. The Morgan fingerprint density at radius 2 is 1.91 bits per heavy atom. The van der Waals surface area contributed by atoms with Gasteiger partial charge in [-0.05, 0) is 42.0 Å². The topological polar surface area (TPSA) is 80.9 Å². The van der Waals surface area contributed by atoms with Crippen LogP contribution < -0.4 is 11.1 Å². The van der Waals surface area contributed by atoms with E-state index in [2.05, 4.69) is 15.3 Å². The predicted molar refractivity (Wildman–Crippen MR) is 85.9 cm³/mol. The summed E-state index contributed by atoms with van der Waals surface area (Å²) in [4.78, 5) is 20.4. The average molecular weight is 292 g/mol. The minimum atomic E-state index is -0.0564. The quantitative estimate of drug-likeness (QED) is 0.721. The third-order valence-corrected chi connectivity index (χ3v) is 3.35. The highest BCUT2D eigenvalue weighted by molar-refractivity contribution is 5.83. The van der Waals surface area contributed by atoms with Crippen LogP contribution in [0.5, 0.6) is 0 Å². The van der Waals surface area contributed by atoms with Gasteiger partial charge in [0.15, 0.2) is 0 Å². The summed E-state index contributed by atoms with van der Waals surface area (Å²) >= 11 is 0. The van der Waals surface area contributed by atoms with Gasteiger partial charge >= 0.3 is 0 Å². The van der Waals surface area contributed by atoms with Crippen LogP contribution >= 0.6 is 0 Å². The highest BCUT2D eigenvalue weighted by atomic mass is 16.1. The second-order valence-corrected chi connectivity index (χ2v) is 5.06. The van der Waals surface area contributed by atoms with Crippen molar-refractivity contribution in [2.75, 3.05) is 5.73 Å². The number of hydrogen-bond donors (Lipinski definition) is 2. The molecule has 2 aromatic heterocycles. The molecule has 0 spiro atoms. The monoisotopic (exact) mass is 292 g/mol. The molecule has 5 heteroatoms. The molecule has 0 saturated heterocycles. The smallest absolute Gasteiger partial charge is 0.226 e. The molecular weight excluding hydrogens is 276 g/mol. The molecule has 0 fully saturated rings. The highest BCUT2D eigenvalue weighted by Gasteiger charge is 2.06. The van der Waals surface area contributed by atoms with Crippen molar-refractivity contribution < 1.29 is 4.79 Å². The number of amides is 1. The highest BCUT2D eigenvalue weighted by Crippen LogP contribution is 2.16. The van der Waals surface area contributed by atoms with E-state index in [4.69, 9.17) is 5.73 Å². The van der Waals surface area contributed by atoms with Crippen LogP contribution in [-0.2, 0) is 17.8 Å². The largest absolute Gasteiger partial charge is 0.399 e. The van der Waals surface area contributed by atoms with Crippen molar-refractivity contribution in [1.29, 1.82) is 0 Å². The second kappa shape index (κ2) is 6.22. The first kappa shape index (κ1) is 14.0. The van der Waals surface area contributed by atoms with Crippen LogP contribution in [-0.4, -0.2) is 15.9 Å². The first-order valence-corrected chi connectivity index (χ1v) is 7.01. The Morgan fingerprint density at radius 3 is 2.73 bits per heavy atom. The number of nitrogen functional groups attached to an aromatic ring is 1. The molecule has 0 radical (unpaired) electrons. The first-order chi connectivity index (χ1) is 10.7. The molecule has 0 aliphatic carbocycles. The van der Waals surface area contributed by atoms with Crippen LogP contribution in [0.3, 0.4) is 0 Å². The number of nitrogens with one attached hydrogen (secondary N) is 1. The molecule has 1 aromatic carbocycles. The Hall–Kier alpha value is -2.95. The summed E-state index contributed by atoms with van der Waals surface area (Å²) in [5.74, 6) is -0.0564. The molecule has 3 N–H and O–H groups in total. The molecule has 3 aromatic rings. The number of hydrogen-bond acceptors (Lipinski definition) is 4. The van der Waals surface area contributed by atoms with Crippen LogP contribution in [0.1, 0.15) is 11.3 Å². The molecule has 1 amide bonds. The number of benzene rings is 1. The van der Waals surface area contributed by atoms with Crippen molar-refractivity contribution in [3.63, 3.8) is 0 Å². The van der Waals surface area contributed by atoms with Gasteiger partial charge < -0.3 is 11.1 Å². The third-order valence-electron chi connectivity index (χ3n) is 3.35. The Balaban J connectivity index is 1.65. The van der Waals surface area contributed by atoms with Crippen molar-refractivity contribution in [1.82, 2.24) is 15.3 Å². The van der Waals surface area contributed by atoms with Gasteiger partial charge in [0.2, 0.25) is 5.91 Å². The summed E-state index contributed by atoms with van der Waals surface area (Å²) in [6.45, 7) is 0.492. The second-order valence-electron chi connectivity index (χ2n) is 5.06. The summed E-state index contributed by atoms with van der Waals surface area (Å²) in [7, 11) is 0. The number of aromatic nitrogens is 2. The standard InChI is InChI=1S/C17H16N4O/c18-14-2-4-16-13(9-14)1-3-15(21-16)10-17(22)20-11-12-5-7-19-8-6-12/h1-9H,10-11,18H2,(H,20,22). The van der Waals surface area contributed by atoms with Crippen LogP contribution in [0.2, 0.25) is 0 Å². The fourth-order valence-corrected chi connectivity index (χ4v) is 2.21. The van der Waals surface area contributed by atoms with Gasteiger partial charge in [-0.25, -0.2) is 0 Å². The minimum absolute atomic E-state index is 0.0564. The number of rotatable bonds is 4. The predicted octanol–water partition coefficient (Wildman–Crippen LogP) is 2.07. The number of nitrogens with zero attached hydrogens (tertiary/aromatic N) is 2. The van der Waals surface area contributed by atoms with Crippen molar-refractivity contribution >= 4 is 22.5 Å². The van der Waals surface area contributed by atoms with Gasteiger partial charge in [-0.3, -0.25) is 14.8 Å². The maximum Gasteiger partial charge on any atom is 0.226 e. The van der Waals surface area contributed by atoms with E-state index in [0.29, 0.717) is 12.2 Å². The molecule has 0 atom stereocenters. The lowest BCUT2D eigenvalue weighted by molar-refractivity contribution is -0.120. The number of nitrogens with two attached hydrogens (primary N) is 1. The number of carbonyl (C=O) groups excluding carboxylic acids is 1. The van der Waals surface area contributed by atoms with Gasteiger partial charge in [0.1, 0.15) is 0 Å². The third kappa shape index (κ3) is 3.38. The molecule has 2 heterocycles. The zero-order chi connectivity index (χ0) is 15.4. The van der Waals surface area contributed by atoms with Crippen LogP contribution in [0, 0.1) is 0 Å². The maximum atomic E-state index is 12.0. The van der Waals surface area contributed by atoms with E-state index < -0.39 is 0 Å². The summed E-state index contributed by atoms with van der Waals surface area (Å²) in [5, 5.41) is 3.85. The molecular formula is C17H16N4O. The molecule has 0 saturated carbocycles. The Kier molecular flexibility index (Phi) is 3.96. The van der Waals surface area contributed by atoms with E-state index in [0.717, 1.165) is 22.2 Å². The number of carbonyl (C=O) groups is 1. The zero-order valence-electron chi connectivity index (χ0n) is 12.0. The summed E-state index contributed by atoms with van der Waals surface area (Å²) in [5.41, 5.74) is 9.05. The van der Waals surface area contributed by atoms with Gasteiger partial charge in [0.05, 0.1) is 17.6 Å². The lowest BCUT2D eigenvalue weighted by atomic mass is 10.1. The van der Waals surface area contributed by atoms with Crippen LogP contribution in [0.15, 0.2) is 54.9 Å². The minimum Gasteiger partial charge on any atom is -0.399 e. The van der Waals surface area contributed by atoms with E-state index in [1.54, 1.807) is 12.4 Å². The molecule has 0 aliphatic rings. The van der Waals surface area contributed by atoms with Gasteiger partial charge in [-0.1, -0.05) is 6.07 Å². The molecule has 22 heavy (non-hydrogen) atoms. The number of pyridine rings is 2. The van der Waals surface area contributed by atoms with Crippen molar-refractivity contribution in [2.24, 2.45) is 0 Å². The Morgan fingerprint density at radius 1 is 1.09 bits per heavy atom. The van der Waals surface area contributed by atoms with Crippen molar-refractivity contribution in [2.45, 2.75) is 13.0 Å². The van der Waals surface area contributed by atoms with E-state index in [1.165, 1.54) is 0 Å². The normalized spacial score (nSPS) is 10.5. The first-order valence-electron chi connectivity index (χ1n) is 7.01. The molecule has 0 unspecified atom stereocenters. The van der Waals surface area contributed by atoms with Crippen LogP contribution in [0.4, 0.5) is 5.69 Å². The average Bonchev–Trinajstić information content (AvgIpc) is 2.54. The molecule has 0 aliphatic heterocycles. The van der Waals surface area contributed by atoms with Gasteiger partial charge in [-0.15, -0.1) is 0 Å². The van der Waals surface area contributed by atoms with Crippen molar-refractivity contribution in [3.05, 3.63) is 66.1 Å². The zero-order valence-corrected chi connectivity index (χ0v) is 12.0. The molecule has 0 bridgehead atoms. The molecule has 110 valence electrons. The maximum absolute atomic E-state index is 12.0.